The molecule has 1 N–H and O–H groups in total. The van der Waals surface area contributed by atoms with Gasteiger partial charge in [-0.25, -0.2) is 27.0 Å². The molecule has 1 aliphatic rings. The average Bonchev–Trinajstić information content (AvgIpc) is 2.70. The summed E-state index contributed by atoms with van der Waals surface area (Å²) in [4.78, 5) is 0. The first-order chi connectivity index (χ1) is 9.91. The van der Waals surface area contributed by atoms with Crippen LogP contribution in [0.25, 0.3) is 0 Å². The van der Waals surface area contributed by atoms with Gasteiger partial charge in [0.15, 0.2) is 23.3 Å². The van der Waals surface area contributed by atoms with Crippen molar-refractivity contribution in [2.24, 2.45) is 5.10 Å². The minimum atomic E-state index is -2.62. The molecule has 1 heterocycles. The number of halogens is 8. The summed E-state index contributed by atoms with van der Waals surface area (Å²) < 4.78 is 64.8. The van der Waals surface area contributed by atoms with Crippen molar-refractivity contribution in [1.29, 1.82) is 0 Å². The molecule has 0 spiro atoms. The molecule has 3 nitrogen and oxygen atoms in total. The second-order valence-electron chi connectivity index (χ2n) is 4.56. The van der Waals surface area contributed by atoms with Crippen molar-refractivity contribution in [1.82, 2.24) is 0 Å². The highest BCUT2D eigenvalue weighted by Crippen LogP contribution is 2.48. The van der Waals surface area contributed by atoms with Crippen LogP contribution in [-0.4, -0.2) is 20.3 Å². The van der Waals surface area contributed by atoms with Gasteiger partial charge in [-0.2, -0.15) is 5.10 Å². The number of anilines is 1. The monoisotopic (exact) mass is 382 g/mol. The van der Waals surface area contributed by atoms with Crippen molar-refractivity contribution in [2.75, 3.05) is 5.01 Å². The van der Waals surface area contributed by atoms with E-state index in [4.69, 9.17) is 34.8 Å². The number of nitrogens with zero attached hydrogens (tertiary/aromatic N) is 2. The van der Waals surface area contributed by atoms with Crippen LogP contribution in [-0.2, 0) is 0 Å². The number of benzene rings is 1. The first-order valence-electron chi connectivity index (χ1n) is 5.56. The molecule has 22 heavy (non-hydrogen) atoms. The van der Waals surface area contributed by atoms with Gasteiger partial charge in [0.2, 0.25) is 15.3 Å². The van der Waals surface area contributed by atoms with E-state index in [9.17, 15) is 27.1 Å². The number of aliphatic hydroxyl groups is 1. The van der Waals surface area contributed by atoms with Gasteiger partial charge in [0.05, 0.1) is 0 Å². The van der Waals surface area contributed by atoms with Crippen LogP contribution in [0.3, 0.4) is 0 Å². The molecule has 0 aromatic heterocycles. The highest BCUT2D eigenvalue weighted by molar-refractivity contribution is 6.68. The minimum absolute atomic E-state index is 0.0535. The number of hydrogen-bond acceptors (Lipinski definition) is 3. The molecule has 122 valence electrons. The van der Waals surface area contributed by atoms with Crippen LogP contribution in [0.4, 0.5) is 27.6 Å². The Kier molecular flexibility index (Phi) is 4.27. The fourth-order valence-electron chi connectivity index (χ4n) is 1.95. The van der Waals surface area contributed by atoms with Gasteiger partial charge < -0.3 is 5.11 Å². The fourth-order valence-corrected chi connectivity index (χ4v) is 2.40. The molecule has 2 rings (SSSR count). The molecule has 1 atom stereocenters. The third kappa shape index (κ3) is 2.42. The van der Waals surface area contributed by atoms with Crippen molar-refractivity contribution < 1.29 is 27.1 Å². The zero-order chi connectivity index (χ0) is 17.0. The second-order valence-corrected chi connectivity index (χ2v) is 6.84. The lowest BCUT2D eigenvalue weighted by Gasteiger charge is -2.37. The van der Waals surface area contributed by atoms with Gasteiger partial charge in [-0.05, 0) is 6.92 Å². The normalized spacial score (nSPS) is 22.3. The molecule has 1 aliphatic heterocycles. The molecule has 0 bridgehead atoms. The predicted molar refractivity (Wildman–Crippen MR) is 71.7 cm³/mol. The van der Waals surface area contributed by atoms with Gasteiger partial charge in [-0.3, -0.25) is 0 Å². The summed E-state index contributed by atoms with van der Waals surface area (Å²) in [6, 6.07) is 0. The maximum absolute atomic E-state index is 13.8. The van der Waals surface area contributed by atoms with E-state index < -0.39 is 50.7 Å². The number of alkyl halides is 3. The van der Waals surface area contributed by atoms with E-state index >= 15 is 0 Å². The summed E-state index contributed by atoms with van der Waals surface area (Å²) in [6.07, 6.45) is -0.483. The van der Waals surface area contributed by atoms with E-state index in [0.717, 1.165) is 0 Å². The van der Waals surface area contributed by atoms with E-state index in [1.807, 2.05) is 0 Å². The summed E-state index contributed by atoms with van der Waals surface area (Å²) in [5.41, 5.74) is -4.08. The average molecular weight is 384 g/mol. The van der Waals surface area contributed by atoms with E-state index in [1.165, 1.54) is 6.92 Å². The Morgan fingerprint density at radius 1 is 1.00 bits per heavy atom. The highest BCUT2D eigenvalue weighted by atomic mass is 35.6. The van der Waals surface area contributed by atoms with Crippen LogP contribution < -0.4 is 5.01 Å². The molecule has 1 aromatic rings. The standard InChI is InChI=1S/C11H6Cl3F5N2O/c1-3-2-10(22,11(12,13)14)21(20-3)9-7(18)5(16)4(15)6(17)8(9)19/h22H,2H2,1H3. The maximum atomic E-state index is 13.8. The third-order valence-corrected chi connectivity index (χ3v) is 3.88. The lowest BCUT2D eigenvalue weighted by Crippen LogP contribution is -2.54. The van der Waals surface area contributed by atoms with Gasteiger partial charge >= 0.3 is 0 Å². The van der Waals surface area contributed by atoms with Crippen molar-refractivity contribution in [2.45, 2.75) is 22.9 Å². The van der Waals surface area contributed by atoms with Crippen LogP contribution in [0.1, 0.15) is 13.3 Å². The number of hydrazone groups is 1. The largest absolute Gasteiger partial charge is 0.365 e. The lowest BCUT2D eigenvalue weighted by molar-refractivity contribution is 0.0547. The Balaban J connectivity index is 2.75. The SMILES string of the molecule is CC1=NN(c2c(F)c(F)c(F)c(F)c2F)C(O)(C(Cl)(Cl)Cl)C1. The highest BCUT2D eigenvalue weighted by Gasteiger charge is 2.57. The van der Waals surface area contributed by atoms with Crippen molar-refractivity contribution in [3.05, 3.63) is 29.1 Å². The van der Waals surface area contributed by atoms with Crippen molar-refractivity contribution >= 4 is 46.2 Å². The number of rotatable bonds is 1. The summed E-state index contributed by atoms with van der Waals surface area (Å²) in [7, 11) is 0. The van der Waals surface area contributed by atoms with E-state index in [-0.39, 0.29) is 10.7 Å². The molecule has 11 heteroatoms. The summed E-state index contributed by atoms with van der Waals surface area (Å²) >= 11 is 16.7. The predicted octanol–water partition coefficient (Wildman–Crippen LogP) is 4.03. The number of hydrogen-bond donors (Lipinski definition) is 1. The quantitative estimate of drug-likeness (QED) is 0.344. The molecular weight excluding hydrogens is 377 g/mol. The molecule has 0 saturated heterocycles. The Bertz CT molecular complexity index is 650. The van der Waals surface area contributed by atoms with Gasteiger partial charge in [0.1, 0.15) is 5.69 Å². The molecule has 0 fully saturated rings. The Labute approximate surface area is 135 Å². The smallest absolute Gasteiger partial charge is 0.239 e. The van der Waals surface area contributed by atoms with Crippen LogP contribution in [0.2, 0.25) is 0 Å². The Morgan fingerprint density at radius 2 is 1.41 bits per heavy atom. The summed E-state index contributed by atoms with van der Waals surface area (Å²) in [5.74, 6) is -11.2. The maximum Gasteiger partial charge on any atom is 0.239 e. The van der Waals surface area contributed by atoms with Gasteiger partial charge in [0, 0.05) is 12.1 Å². The van der Waals surface area contributed by atoms with Gasteiger partial charge in [0.25, 0.3) is 0 Å². The van der Waals surface area contributed by atoms with Gasteiger partial charge in [-0.1, -0.05) is 34.8 Å². The van der Waals surface area contributed by atoms with E-state index in [1.54, 1.807) is 0 Å². The first kappa shape index (κ1) is 17.5. The van der Waals surface area contributed by atoms with Crippen LogP contribution >= 0.6 is 34.8 Å². The van der Waals surface area contributed by atoms with Crippen molar-refractivity contribution in [3.63, 3.8) is 0 Å². The third-order valence-electron chi connectivity index (χ3n) is 2.98. The van der Waals surface area contributed by atoms with E-state index in [0.29, 0.717) is 0 Å². The van der Waals surface area contributed by atoms with E-state index in [2.05, 4.69) is 5.10 Å². The van der Waals surface area contributed by atoms with Gasteiger partial charge in [-0.15, -0.1) is 0 Å². The first-order valence-corrected chi connectivity index (χ1v) is 6.70. The summed E-state index contributed by atoms with van der Waals surface area (Å²) in [6.45, 7) is 1.31. The Hall–Kier alpha value is -0.830. The zero-order valence-corrected chi connectivity index (χ0v) is 12.8. The molecule has 0 amide bonds. The topological polar surface area (TPSA) is 35.8 Å². The molecule has 1 unspecified atom stereocenters. The molecule has 0 radical (unpaired) electrons. The summed E-state index contributed by atoms with van der Waals surface area (Å²) in [5, 5.41) is 14.0. The molecule has 0 saturated carbocycles. The van der Waals surface area contributed by atoms with Crippen LogP contribution in [0.15, 0.2) is 5.10 Å². The van der Waals surface area contributed by atoms with Crippen LogP contribution in [0, 0.1) is 29.1 Å². The minimum Gasteiger partial charge on any atom is -0.365 e. The second kappa shape index (κ2) is 5.36. The molecular formula is C11H6Cl3F5N2O. The fraction of sp³-hybridized carbons (Fsp3) is 0.364. The van der Waals surface area contributed by atoms with Crippen molar-refractivity contribution in [3.8, 4) is 0 Å². The van der Waals surface area contributed by atoms with Crippen LogP contribution in [0.5, 0.6) is 0 Å². The lowest BCUT2D eigenvalue weighted by atomic mass is 10.1. The zero-order valence-electron chi connectivity index (χ0n) is 10.6. The molecule has 0 aliphatic carbocycles. The Morgan fingerprint density at radius 3 is 1.82 bits per heavy atom. The molecule has 1 aromatic carbocycles.